The predicted molar refractivity (Wildman–Crippen MR) is 76.8 cm³/mol. The molecule has 0 aliphatic heterocycles. The summed E-state index contributed by atoms with van der Waals surface area (Å²) >= 11 is 3.43. The van der Waals surface area contributed by atoms with E-state index in [1.54, 1.807) is 26.4 Å². The standard InChI is InChI=1S/C14H17BrO4/c1-4-11-9-14(19-8-6-17-3)12(15)10-13(11)18-7-5-16-2/h1,9-10H,5-8H2,2-3H3. The normalized spacial score (nSPS) is 10.0. The lowest BCUT2D eigenvalue weighted by Crippen LogP contribution is -2.07. The van der Waals surface area contributed by atoms with Crippen LogP contribution in [0.2, 0.25) is 0 Å². The van der Waals surface area contributed by atoms with Gasteiger partial charge in [0.1, 0.15) is 24.7 Å². The molecule has 0 fully saturated rings. The van der Waals surface area contributed by atoms with E-state index in [1.807, 2.05) is 0 Å². The Bertz CT molecular complexity index is 440. The van der Waals surface area contributed by atoms with Crippen molar-refractivity contribution in [1.29, 1.82) is 0 Å². The third-order valence-corrected chi connectivity index (χ3v) is 2.90. The van der Waals surface area contributed by atoms with Crippen molar-refractivity contribution in [2.75, 3.05) is 40.6 Å². The molecule has 0 aliphatic rings. The van der Waals surface area contributed by atoms with Gasteiger partial charge in [-0.3, -0.25) is 0 Å². The fourth-order valence-corrected chi connectivity index (χ4v) is 1.78. The number of hydrogen-bond donors (Lipinski definition) is 0. The zero-order valence-corrected chi connectivity index (χ0v) is 12.7. The molecule has 1 aromatic rings. The van der Waals surface area contributed by atoms with E-state index >= 15 is 0 Å². The van der Waals surface area contributed by atoms with Crippen molar-refractivity contribution in [3.05, 3.63) is 22.2 Å². The minimum atomic E-state index is 0.446. The molecule has 0 aliphatic carbocycles. The molecular formula is C14H17BrO4. The summed E-state index contributed by atoms with van der Waals surface area (Å²) < 4.78 is 21.8. The van der Waals surface area contributed by atoms with Gasteiger partial charge < -0.3 is 18.9 Å². The summed E-state index contributed by atoms with van der Waals surface area (Å²) in [4.78, 5) is 0. The Balaban J connectivity index is 2.79. The first kappa shape index (κ1) is 15.8. The molecule has 19 heavy (non-hydrogen) atoms. The van der Waals surface area contributed by atoms with Crippen molar-refractivity contribution in [2.45, 2.75) is 0 Å². The highest BCUT2D eigenvalue weighted by atomic mass is 79.9. The van der Waals surface area contributed by atoms with E-state index in [-0.39, 0.29) is 0 Å². The molecule has 104 valence electrons. The molecule has 0 saturated carbocycles. The van der Waals surface area contributed by atoms with Crippen LogP contribution in [0, 0.1) is 12.3 Å². The Morgan fingerprint density at radius 1 is 1.00 bits per heavy atom. The molecule has 1 rings (SSSR count). The van der Waals surface area contributed by atoms with E-state index in [1.165, 1.54) is 0 Å². The molecule has 5 heteroatoms. The maximum absolute atomic E-state index is 5.55. The van der Waals surface area contributed by atoms with Gasteiger partial charge in [-0.2, -0.15) is 0 Å². The topological polar surface area (TPSA) is 36.9 Å². The zero-order valence-electron chi connectivity index (χ0n) is 11.1. The minimum Gasteiger partial charge on any atom is -0.490 e. The summed E-state index contributed by atoms with van der Waals surface area (Å²) in [7, 11) is 3.24. The molecule has 0 heterocycles. The summed E-state index contributed by atoms with van der Waals surface area (Å²) in [5.74, 6) is 3.88. The van der Waals surface area contributed by atoms with Crippen LogP contribution < -0.4 is 9.47 Å². The number of benzene rings is 1. The fourth-order valence-electron chi connectivity index (χ4n) is 1.35. The van der Waals surface area contributed by atoms with Gasteiger partial charge in [-0.15, -0.1) is 6.42 Å². The van der Waals surface area contributed by atoms with Gasteiger partial charge in [0.15, 0.2) is 0 Å². The molecule has 0 unspecified atom stereocenters. The monoisotopic (exact) mass is 328 g/mol. The predicted octanol–water partition coefficient (Wildman–Crippen LogP) is 2.48. The van der Waals surface area contributed by atoms with Crippen LogP contribution in [0.1, 0.15) is 5.56 Å². The van der Waals surface area contributed by atoms with Crippen molar-refractivity contribution in [2.24, 2.45) is 0 Å². The van der Waals surface area contributed by atoms with Crippen LogP contribution in [0.15, 0.2) is 16.6 Å². The average Bonchev–Trinajstić information content (AvgIpc) is 2.41. The van der Waals surface area contributed by atoms with Crippen molar-refractivity contribution >= 4 is 15.9 Å². The Labute approximate surface area is 122 Å². The summed E-state index contributed by atoms with van der Waals surface area (Å²) in [5.41, 5.74) is 0.645. The molecule has 4 nitrogen and oxygen atoms in total. The molecule has 0 aromatic heterocycles. The van der Waals surface area contributed by atoms with Crippen molar-refractivity contribution < 1.29 is 18.9 Å². The van der Waals surface area contributed by atoms with Crippen molar-refractivity contribution in [3.8, 4) is 23.8 Å². The van der Waals surface area contributed by atoms with Gasteiger partial charge in [0, 0.05) is 20.3 Å². The molecule has 0 radical (unpaired) electrons. The first-order valence-corrected chi connectivity index (χ1v) is 6.55. The Hall–Kier alpha value is -1.22. The number of rotatable bonds is 8. The largest absolute Gasteiger partial charge is 0.490 e. The van der Waals surface area contributed by atoms with Crippen LogP contribution in [0.5, 0.6) is 11.5 Å². The van der Waals surface area contributed by atoms with Crippen LogP contribution >= 0.6 is 15.9 Å². The van der Waals surface area contributed by atoms with Crippen molar-refractivity contribution in [1.82, 2.24) is 0 Å². The summed E-state index contributed by atoms with van der Waals surface area (Å²) in [6, 6.07) is 3.56. The highest BCUT2D eigenvalue weighted by molar-refractivity contribution is 9.10. The second kappa shape index (κ2) is 8.81. The van der Waals surface area contributed by atoms with E-state index in [9.17, 15) is 0 Å². The molecule has 0 saturated heterocycles. The smallest absolute Gasteiger partial charge is 0.136 e. The highest BCUT2D eigenvalue weighted by Crippen LogP contribution is 2.32. The second-order valence-electron chi connectivity index (χ2n) is 3.61. The number of halogens is 1. The SMILES string of the molecule is C#Cc1cc(OCCOC)c(Br)cc1OCCOC. The van der Waals surface area contributed by atoms with Crippen LogP contribution in [0.4, 0.5) is 0 Å². The maximum atomic E-state index is 5.55. The number of terminal acetylenes is 1. The molecule has 0 bridgehead atoms. The molecule has 0 spiro atoms. The first-order valence-electron chi connectivity index (χ1n) is 5.76. The number of ether oxygens (including phenoxy) is 4. The number of hydrogen-bond acceptors (Lipinski definition) is 4. The Morgan fingerprint density at radius 2 is 1.58 bits per heavy atom. The Kier molecular flexibility index (Phi) is 7.34. The summed E-state index contributed by atoms with van der Waals surface area (Å²) in [6.45, 7) is 1.93. The summed E-state index contributed by atoms with van der Waals surface area (Å²) in [5, 5.41) is 0. The van der Waals surface area contributed by atoms with Gasteiger partial charge in [-0.05, 0) is 22.0 Å². The summed E-state index contributed by atoms with van der Waals surface area (Å²) in [6.07, 6.45) is 5.47. The lowest BCUT2D eigenvalue weighted by molar-refractivity contribution is 0.144. The second-order valence-corrected chi connectivity index (χ2v) is 4.46. The molecule has 1 aromatic carbocycles. The minimum absolute atomic E-state index is 0.446. The zero-order chi connectivity index (χ0) is 14.1. The number of methoxy groups -OCH3 is 2. The van der Waals surface area contributed by atoms with E-state index in [0.29, 0.717) is 43.5 Å². The van der Waals surface area contributed by atoms with Crippen molar-refractivity contribution in [3.63, 3.8) is 0 Å². The third kappa shape index (κ3) is 5.11. The molecule has 0 atom stereocenters. The van der Waals surface area contributed by atoms with Gasteiger partial charge in [0.05, 0.1) is 23.2 Å². The Morgan fingerprint density at radius 3 is 2.11 bits per heavy atom. The van der Waals surface area contributed by atoms with E-state index < -0.39 is 0 Å². The van der Waals surface area contributed by atoms with E-state index in [0.717, 1.165) is 4.47 Å². The molecular weight excluding hydrogens is 312 g/mol. The van der Waals surface area contributed by atoms with Gasteiger partial charge >= 0.3 is 0 Å². The van der Waals surface area contributed by atoms with Gasteiger partial charge in [0.25, 0.3) is 0 Å². The quantitative estimate of drug-likeness (QED) is 0.542. The fraction of sp³-hybridized carbons (Fsp3) is 0.429. The third-order valence-electron chi connectivity index (χ3n) is 2.28. The van der Waals surface area contributed by atoms with E-state index in [4.69, 9.17) is 25.4 Å². The van der Waals surface area contributed by atoms with Crippen LogP contribution in [0.25, 0.3) is 0 Å². The molecule has 0 N–H and O–H groups in total. The van der Waals surface area contributed by atoms with Gasteiger partial charge in [-0.1, -0.05) is 5.92 Å². The van der Waals surface area contributed by atoms with E-state index in [2.05, 4.69) is 21.9 Å². The lowest BCUT2D eigenvalue weighted by atomic mass is 10.2. The van der Waals surface area contributed by atoms with Crippen LogP contribution in [-0.2, 0) is 9.47 Å². The van der Waals surface area contributed by atoms with Gasteiger partial charge in [0.2, 0.25) is 0 Å². The first-order chi connectivity index (χ1) is 9.22. The van der Waals surface area contributed by atoms with Crippen LogP contribution in [-0.4, -0.2) is 40.6 Å². The average molecular weight is 329 g/mol. The molecule has 0 amide bonds. The van der Waals surface area contributed by atoms with Crippen LogP contribution in [0.3, 0.4) is 0 Å². The lowest BCUT2D eigenvalue weighted by Gasteiger charge is -2.12. The maximum Gasteiger partial charge on any atom is 0.136 e. The van der Waals surface area contributed by atoms with Gasteiger partial charge in [-0.25, -0.2) is 0 Å². The highest BCUT2D eigenvalue weighted by Gasteiger charge is 2.09.